The maximum absolute atomic E-state index is 12.0. The van der Waals surface area contributed by atoms with Gasteiger partial charge in [-0.05, 0) is 26.0 Å². The third kappa shape index (κ3) is 3.87. The van der Waals surface area contributed by atoms with Gasteiger partial charge in [0.15, 0.2) is 4.80 Å². The number of aromatic nitrogens is 1. The van der Waals surface area contributed by atoms with Gasteiger partial charge in [-0.15, -0.1) is 0 Å². The van der Waals surface area contributed by atoms with E-state index in [1.165, 1.54) is 29.8 Å². The van der Waals surface area contributed by atoms with Crippen LogP contribution in [0.5, 0.6) is 11.6 Å². The number of nitrogens with zero attached hydrogens (tertiary/aromatic N) is 2. The van der Waals surface area contributed by atoms with Crippen molar-refractivity contribution in [3.63, 3.8) is 0 Å². The molecule has 0 aliphatic carbocycles. The number of hydrogen-bond donors (Lipinski definition) is 0. The summed E-state index contributed by atoms with van der Waals surface area (Å²) in [4.78, 5) is 28.9. The summed E-state index contributed by atoms with van der Waals surface area (Å²) in [6.45, 7) is 6.87. The lowest BCUT2D eigenvalue weighted by molar-refractivity contribution is -0.132. The molecule has 1 aromatic heterocycles. The number of para-hydroxylation sites is 2. The van der Waals surface area contributed by atoms with E-state index < -0.39 is 5.97 Å². The van der Waals surface area contributed by atoms with E-state index >= 15 is 0 Å². The predicted molar refractivity (Wildman–Crippen MR) is 87.5 cm³/mol. The summed E-state index contributed by atoms with van der Waals surface area (Å²) in [7, 11) is 0. The fraction of sp³-hybridized carbons (Fsp3) is 0.312. The summed E-state index contributed by atoms with van der Waals surface area (Å²) in [5.41, 5.74) is 0.611. The van der Waals surface area contributed by atoms with Gasteiger partial charge in [0.05, 0.1) is 11.5 Å². The van der Waals surface area contributed by atoms with Gasteiger partial charge in [-0.2, -0.15) is 0 Å². The Labute approximate surface area is 138 Å². The molecular weight excluding hydrogens is 316 g/mol. The number of benzene rings is 1. The van der Waals surface area contributed by atoms with Gasteiger partial charge in [0.2, 0.25) is 11.8 Å². The summed E-state index contributed by atoms with van der Waals surface area (Å²) >= 11 is 1.28. The molecule has 2 aromatic rings. The highest BCUT2D eigenvalue weighted by atomic mass is 32.1. The molecule has 0 saturated heterocycles. The van der Waals surface area contributed by atoms with E-state index in [9.17, 15) is 9.59 Å². The number of aryl methyl sites for hydroxylation is 1. The summed E-state index contributed by atoms with van der Waals surface area (Å²) < 4.78 is 12.0. The molecule has 0 unspecified atom stereocenters. The molecule has 1 heterocycles. The molecule has 6 nitrogen and oxygen atoms in total. The fourth-order valence-corrected chi connectivity index (χ4v) is 2.95. The van der Waals surface area contributed by atoms with E-state index in [0.29, 0.717) is 27.7 Å². The molecule has 0 fully saturated rings. The minimum atomic E-state index is -0.484. The molecule has 23 heavy (non-hydrogen) atoms. The second-order valence-electron chi connectivity index (χ2n) is 4.71. The van der Waals surface area contributed by atoms with Gasteiger partial charge in [0, 0.05) is 13.8 Å². The average Bonchev–Trinajstić information content (AvgIpc) is 2.77. The van der Waals surface area contributed by atoms with E-state index in [4.69, 9.17) is 9.47 Å². The molecule has 0 saturated carbocycles. The molecule has 2 rings (SSSR count). The smallest absolute Gasteiger partial charge is 0.309 e. The van der Waals surface area contributed by atoms with Crippen molar-refractivity contribution in [1.82, 2.24) is 4.57 Å². The topological polar surface area (TPSA) is 69.9 Å². The van der Waals surface area contributed by atoms with Crippen molar-refractivity contribution in [3.05, 3.63) is 33.9 Å². The molecule has 122 valence electrons. The first-order chi connectivity index (χ1) is 10.9. The Hall–Kier alpha value is -2.41. The van der Waals surface area contributed by atoms with Crippen LogP contribution in [0.1, 0.15) is 30.4 Å². The van der Waals surface area contributed by atoms with Crippen LogP contribution in [0.4, 0.5) is 5.69 Å². The van der Waals surface area contributed by atoms with Gasteiger partial charge >= 0.3 is 5.97 Å². The largest absolute Gasteiger partial charge is 0.492 e. The SMILES string of the molecule is CCOc1ccccc1N=c1sc(C)c(OC(C)=O)n1C(C)=O. The summed E-state index contributed by atoms with van der Waals surface area (Å²) in [5, 5.41) is 0. The van der Waals surface area contributed by atoms with E-state index in [1.54, 1.807) is 13.0 Å². The van der Waals surface area contributed by atoms with Gasteiger partial charge < -0.3 is 9.47 Å². The Morgan fingerprint density at radius 2 is 1.96 bits per heavy atom. The zero-order valence-electron chi connectivity index (χ0n) is 13.5. The lowest BCUT2D eigenvalue weighted by Gasteiger charge is -2.06. The number of rotatable bonds is 4. The van der Waals surface area contributed by atoms with Gasteiger partial charge in [0.25, 0.3) is 0 Å². The van der Waals surface area contributed by atoms with Crippen molar-refractivity contribution in [2.24, 2.45) is 4.99 Å². The van der Waals surface area contributed by atoms with Crippen LogP contribution in [0.2, 0.25) is 0 Å². The molecule has 0 spiro atoms. The van der Waals surface area contributed by atoms with Crippen LogP contribution in [0.25, 0.3) is 0 Å². The fourth-order valence-electron chi connectivity index (χ4n) is 2.00. The summed E-state index contributed by atoms with van der Waals surface area (Å²) in [6, 6.07) is 7.31. The van der Waals surface area contributed by atoms with Crippen LogP contribution in [-0.4, -0.2) is 23.1 Å². The van der Waals surface area contributed by atoms with Crippen LogP contribution in [0.15, 0.2) is 29.3 Å². The Morgan fingerprint density at radius 3 is 2.57 bits per heavy atom. The van der Waals surface area contributed by atoms with E-state index in [0.717, 1.165) is 0 Å². The minimum absolute atomic E-state index is 0.211. The predicted octanol–water partition coefficient (Wildman–Crippen LogP) is 3.07. The number of thiazole rings is 1. The Kier molecular flexibility index (Phi) is 5.33. The number of hydrogen-bond acceptors (Lipinski definition) is 6. The molecule has 0 radical (unpaired) electrons. The lowest BCUT2D eigenvalue weighted by Crippen LogP contribution is -2.22. The maximum Gasteiger partial charge on any atom is 0.309 e. The Balaban J connectivity index is 2.64. The summed E-state index contributed by atoms with van der Waals surface area (Å²) in [6.07, 6.45) is 0. The first-order valence-corrected chi connectivity index (χ1v) is 7.94. The average molecular weight is 334 g/mol. The zero-order valence-corrected chi connectivity index (χ0v) is 14.3. The molecule has 0 aliphatic rings. The van der Waals surface area contributed by atoms with Gasteiger partial charge in [-0.1, -0.05) is 23.5 Å². The molecule has 0 atom stereocenters. The van der Waals surface area contributed by atoms with Gasteiger partial charge in [-0.3, -0.25) is 9.59 Å². The molecule has 1 aromatic carbocycles. The third-order valence-electron chi connectivity index (χ3n) is 2.88. The monoisotopic (exact) mass is 334 g/mol. The number of ether oxygens (including phenoxy) is 2. The van der Waals surface area contributed by atoms with Crippen molar-refractivity contribution in [2.45, 2.75) is 27.7 Å². The molecule has 0 aliphatic heterocycles. The summed E-state index contributed by atoms with van der Waals surface area (Å²) in [5.74, 6) is 0.0771. The number of carbonyl (C=O) groups is 2. The van der Waals surface area contributed by atoms with Crippen molar-refractivity contribution < 1.29 is 19.1 Å². The molecule has 0 amide bonds. The first-order valence-electron chi connectivity index (χ1n) is 7.12. The van der Waals surface area contributed by atoms with Gasteiger partial charge in [0.1, 0.15) is 11.4 Å². The van der Waals surface area contributed by atoms with E-state index in [1.807, 2.05) is 25.1 Å². The van der Waals surface area contributed by atoms with E-state index in [-0.39, 0.29) is 11.8 Å². The van der Waals surface area contributed by atoms with Crippen LogP contribution in [-0.2, 0) is 4.79 Å². The Bertz CT molecular complexity index is 805. The van der Waals surface area contributed by atoms with Crippen LogP contribution < -0.4 is 14.3 Å². The highest BCUT2D eigenvalue weighted by Gasteiger charge is 2.17. The molecule has 7 heteroatoms. The highest BCUT2D eigenvalue weighted by molar-refractivity contribution is 7.09. The first kappa shape index (κ1) is 17.0. The second-order valence-corrected chi connectivity index (χ2v) is 5.89. The molecule has 0 N–H and O–H groups in total. The molecule has 0 bridgehead atoms. The zero-order chi connectivity index (χ0) is 17.0. The van der Waals surface area contributed by atoms with Crippen LogP contribution >= 0.6 is 11.3 Å². The minimum Gasteiger partial charge on any atom is -0.492 e. The van der Waals surface area contributed by atoms with Crippen molar-refractivity contribution >= 4 is 28.9 Å². The second kappa shape index (κ2) is 7.23. The highest BCUT2D eigenvalue weighted by Crippen LogP contribution is 2.27. The van der Waals surface area contributed by atoms with Crippen molar-refractivity contribution in [1.29, 1.82) is 0 Å². The van der Waals surface area contributed by atoms with Gasteiger partial charge in [-0.25, -0.2) is 9.56 Å². The lowest BCUT2D eigenvalue weighted by atomic mass is 10.3. The van der Waals surface area contributed by atoms with Crippen molar-refractivity contribution in [2.75, 3.05) is 6.61 Å². The molecular formula is C16H18N2O4S. The Morgan fingerprint density at radius 1 is 1.26 bits per heavy atom. The van der Waals surface area contributed by atoms with Crippen LogP contribution in [0, 0.1) is 6.92 Å². The maximum atomic E-state index is 12.0. The van der Waals surface area contributed by atoms with Crippen molar-refractivity contribution in [3.8, 4) is 11.6 Å². The quantitative estimate of drug-likeness (QED) is 0.806. The third-order valence-corrected chi connectivity index (χ3v) is 3.81. The number of esters is 1. The van der Waals surface area contributed by atoms with E-state index in [2.05, 4.69) is 4.99 Å². The standard InChI is InChI=1S/C16H18N2O4S/c1-5-21-14-9-7-6-8-13(14)17-16-18(11(3)19)15(10(2)23-16)22-12(4)20/h6-9H,5H2,1-4H3. The number of carbonyl (C=O) groups excluding carboxylic acids is 2. The normalized spacial score (nSPS) is 11.4. The van der Waals surface area contributed by atoms with Crippen LogP contribution in [0.3, 0.4) is 0 Å².